The van der Waals surface area contributed by atoms with Crippen LogP contribution in [0.4, 0.5) is 0 Å². The SMILES string of the molecule is C=Cc1nc(C)n(C)c1/C=C\C.CC. The average Bonchev–Trinajstić information content (AvgIpc) is 2.49. The van der Waals surface area contributed by atoms with E-state index in [1.54, 1.807) is 6.08 Å². The number of nitrogens with zero attached hydrogens (tertiary/aromatic N) is 2. The minimum Gasteiger partial charge on any atom is -0.331 e. The highest BCUT2D eigenvalue weighted by Crippen LogP contribution is 2.12. The predicted molar refractivity (Wildman–Crippen MR) is 64.1 cm³/mol. The standard InChI is InChI=1S/C10H14N2.C2H6/c1-5-7-10-9(6-2)11-8(3)12(10)4;1-2/h5-7H,2H2,1,3-4H3;1-2H3/b7-5-;. The number of imidazole rings is 1. The van der Waals surface area contributed by atoms with Gasteiger partial charge in [0.15, 0.2) is 0 Å². The Labute approximate surface area is 87.0 Å². The van der Waals surface area contributed by atoms with Crippen LogP contribution in [0.15, 0.2) is 12.7 Å². The normalized spacial score (nSPS) is 9.79. The molecule has 0 spiro atoms. The molecule has 0 N–H and O–H groups in total. The lowest BCUT2D eigenvalue weighted by atomic mass is 10.3. The van der Waals surface area contributed by atoms with Crippen molar-refractivity contribution in [3.63, 3.8) is 0 Å². The summed E-state index contributed by atoms with van der Waals surface area (Å²) in [5.74, 6) is 1.01. The Morgan fingerprint density at radius 1 is 1.36 bits per heavy atom. The van der Waals surface area contributed by atoms with Gasteiger partial charge in [0.25, 0.3) is 0 Å². The van der Waals surface area contributed by atoms with Crippen LogP contribution in [0.25, 0.3) is 12.2 Å². The summed E-state index contributed by atoms with van der Waals surface area (Å²) < 4.78 is 2.05. The Balaban J connectivity index is 0.000000791. The number of aromatic nitrogens is 2. The second-order valence-corrected chi connectivity index (χ2v) is 2.69. The Bertz CT molecular complexity index is 319. The summed E-state index contributed by atoms with van der Waals surface area (Å²) >= 11 is 0. The van der Waals surface area contributed by atoms with Crippen molar-refractivity contribution in [3.8, 4) is 0 Å². The summed E-state index contributed by atoms with van der Waals surface area (Å²) in [5.41, 5.74) is 2.07. The highest BCUT2D eigenvalue weighted by Gasteiger charge is 2.04. The number of rotatable bonds is 2. The van der Waals surface area contributed by atoms with Crippen LogP contribution in [0, 0.1) is 6.92 Å². The van der Waals surface area contributed by atoms with Gasteiger partial charge in [0.2, 0.25) is 0 Å². The van der Waals surface area contributed by atoms with Crippen molar-refractivity contribution in [2.24, 2.45) is 7.05 Å². The summed E-state index contributed by atoms with van der Waals surface area (Å²) in [4.78, 5) is 4.34. The maximum absolute atomic E-state index is 4.34. The molecule has 1 aromatic rings. The van der Waals surface area contributed by atoms with E-state index >= 15 is 0 Å². The van der Waals surface area contributed by atoms with Crippen LogP contribution in [0.3, 0.4) is 0 Å². The third kappa shape index (κ3) is 2.59. The van der Waals surface area contributed by atoms with E-state index in [1.165, 1.54) is 0 Å². The van der Waals surface area contributed by atoms with Crippen LogP contribution < -0.4 is 0 Å². The molecule has 14 heavy (non-hydrogen) atoms. The molecule has 0 fully saturated rings. The van der Waals surface area contributed by atoms with E-state index in [0.29, 0.717) is 0 Å². The van der Waals surface area contributed by atoms with Crippen LogP contribution in [0.2, 0.25) is 0 Å². The lowest BCUT2D eigenvalue weighted by Crippen LogP contribution is -1.93. The van der Waals surface area contributed by atoms with Crippen molar-refractivity contribution in [1.29, 1.82) is 0 Å². The number of aryl methyl sites for hydroxylation is 1. The van der Waals surface area contributed by atoms with Gasteiger partial charge in [0.1, 0.15) is 5.82 Å². The molecule has 78 valence electrons. The predicted octanol–water partition coefficient (Wildman–Crippen LogP) is 3.43. The molecule has 2 nitrogen and oxygen atoms in total. The third-order valence-corrected chi connectivity index (χ3v) is 1.91. The van der Waals surface area contributed by atoms with Gasteiger partial charge < -0.3 is 4.57 Å². The second-order valence-electron chi connectivity index (χ2n) is 2.69. The monoisotopic (exact) mass is 192 g/mol. The van der Waals surface area contributed by atoms with E-state index in [2.05, 4.69) is 16.1 Å². The summed E-state index contributed by atoms with van der Waals surface area (Å²) in [6.07, 6.45) is 5.82. The fourth-order valence-electron chi connectivity index (χ4n) is 1.16. The molecule has 0 aliphatic heterocycles. The van der Waals surface area contributed by atoms with E-state index in [4.69, 9.17) is 0 Å². The largest absolute Gasteiger partial charge is 0.331 e. The Hall–Kier alpha value is -1.31. The maximum atomic E-state index is 4.34. The van der Waals surface area contributed by atoms with E-state index in [1.807, 2.05) is 46.9 Å². The smallest absolute Gasteiger partial charge is 0.106 e. The molecule has 1 heterocycles. The highest BCUT2D eigenvalue weighted by molar-refractivity contribution is 5.59. The second kappa shape index (κ2) is 6.19. The van der Waals surface area contributed by atoms with E-state index < -0.39 is 0 Å². The number of allylic oxidation sites excluding steroid dienone is 1. The molecule has 0 aliphatic rings. The number of hydrogen-bond donors (Lipinski definition) is 0. The maximum Gasteiger partial charge on any atom is 0.106 e. The number of hydrogen-bond acceptors (Lipinski definition) is 1. The molecule has 0 atom stereocenters. The van der Waals surface area contributed by atoms with E-state index in [-0.39, 0.29) is 0 Å². The van der Waals surface area contributed by atoms with Gasteiger partial charge >= 0.3 is 0 Å². The van der Waals surface area contributed by atoms with Gasteiger partial charge in [-0.15, -0.1) is 0 Å². The Morgan fingerprint density at radius 2 is 1.93 bits per heavy atom. The molecular weight excluding hydrogens is 172 g/mol. The van der Waals surface area contributed by atoms with Gasteiger partial charge in [-0.2, -0.15) is 0 Å². The summed E-state index contributed by atoms with van der Waals surface area (Å²) in [5, 5.41) is 0. The zero-order chi connectivity index (χ0) is 11.1. The van der Waals surface area contributed by atoms with Crippen molar-refractivity contribution in [2.75, 3.05) is 0 Å². The van der Waals surface area contributed by atoms with Gasteiger partial charge in [-0.05, 0) is 26.0 Å². The van der Waals surface area contributed by atoms with Gasteiger partial charge in [-0.3, -0.25) is 0 Å². The van der Waals surface area contributed by atoms with Crippen LogP contribution in [-0.2, 0) is 7.05 Å². The van der Waals surface area contributed by atoms with Crippen LogP contribution in [0.5, 0.6) is 0 Å². The first-order chi connectivity index (χ1) is 6.70. The quantitative estimate of drug-likeness (QED) is 0.702. The minimum absolute atomic E-state index is 0.952. The minimum atomic E-state index is 0.952. The lowest BCUT2D eigenvalue weighted by Gasteiger charge is -1.97. The first-order valence-electron chi connectivity index (χ1n) is 4.99. The fraction of sp³-hybridized carbons (Fsp3) is 0.417. The summed E-state index contributed by atoms with van der Waals surface area (Å²) in [7, 11) is 2.00. The van der Waals surface area contributed by atoms with Crippen molar-refractivity contribution in [2.45, 2.75) is 27.7 Å². The topological polar surface area (TPSA) is 17.8 Å². The van der Waals surface area contributed by atoms with E-state index in [0.717, 1.165) is 17.2 Å². The zero-order valence-electron chi connectivity index (χ0n) is 9.83. The van der Waals surface area contributed by atoms with Crippen LogP contribution >= 0.6 is 0 Å². The Morgan fingerprint density at radius 3 is 2.36 bits per heavy atom. The zero-order valence-corrected chi connectivity index (χ0v) is 9.83. The Kier molecular flexibility index (Phi) is 5.61. The van der Waals surface area contributed by atoms with Gasteiger partial charge in [-0.25, -0.2) is 4.98 Å². The van der Waals surface area contributed by atoms with Gasteiger partial charge in [0.05, 0.1) is 11.4 Å². The molecule has 2 heteroatoms. The highest BCUT2D eigenvalue weighted by atomic mass is 15.1. The lowest BCUT2D eigenvalue weighted by molar-refractivity contribution is 0.849. The van der Waals surface area contributed by atoms with Crippen LogP contribution in [0.1, 0.15) is 38.0 Å². The summed E-state index contributed by atoms with van der Waals surface area (Å²) in [6.45, 7) is 11.7. The van der Waals surface area contributed by atoms with Crippen molar-refractivity contribution >= 4 is 12.2 Å². The first kappa shape index (κ1) is 12.7. The average molecular weight is 192 g/mol. The van der Waals surface area contributed by atoms with Crippen molar-refractivity contribution < 1.29 is 0 Å². The molecule has 0 saturated heterocycles. The summed E-state index contributed by atoms with van der Waals surface area (Å²) in [6, 6.07) is 0. The molecule has 0 saturated carbocycles. The first-order valence-corrected chi connectivity index (χ1v) is 4.99. The fourth-order valence-corrected chi connectivity index (χ4v) is 1.16. The van der Waals surface area contributed by atoms with Gasteiger partial charge in [0, 0.05) is 7.05 Å². The van der Waals surface area contributed by atoms with E-state index in [9.17, 15) is 0 Å². The van der Waals surface area contributed by atoms with Crippen LogP contribution in [-0.4, -0.2) is 9.55 Å². The molecule has 0 bridgehead atoms. The van der Waals surface area contributed by atoms with Crippen molar-refractivity contribution in [1.82, 2.24) is 9.55 Å². The molecular formula is C12H20N2. The molecule has 0 aliphatic carbocycles. The van der Waals surface area contributed by atoms with Gasteiger partial charge in [-0.1, -0.05) is 26.5 Å². The third-order valence-electron chi connectivity index (χ3n) is 1.91. The molecule has 1 rings (SSSR count). The molecule has 0 radical (unpaired) electrons. The molecule has 0 amide bonds. The molecule has 0 aromatic carbocycles. The van der Waals surface area contributed by atoms with Crippen molar-refractivity contribution in [3.05, 3.63) is 29.9 Å². The molecule has 0 unspecified atom stereocenters. The molecule has 1 aromatic heterocycles.